The Hall–Kier alpha value is -2.27. The first-order valence-electron chi connectivity index (χ1n) is 7.58. The third-order valence-corrected chi connectivity index (χ3v) is 4.18. The average molecular weight is 331 g/mol. The summed E-state index contributed by atoms with van der Waals surface area (Å²) in [6.07, 6.45) is 7.04. The van der Waals surface area contributed by atoms with E-state index in [0.29, 0.717) is 0 Å². The van der Waals surface area contributed by atoms with Crippen LogP contribution >= 0.6 is 11.6 Å². The summed E-state index contributed by atoms with van der Waals surface area (Å²) in [6, 6.07) is 7.82. The average Bonchev–Trinajstić information content (AvgIpc) is 2.99. The molecule has 2 aromatic rings. The lowest BCUT2D eigenvalue weighted by Gasteiger charge is -2.35. The van der Waals surface area contributed by atoms with Crippen molar-refractivity contribution >= 4 is 29.3 Å². The van der Waals surface area contributed by atoms with E-state index in [-0.39, 0.29) is 5.91 Å². The molecule has 3 rings (SSSR count). The maximum Gasteiger partial charge on any atom is 0.246 e. The van der Waals surface area contributed by atoms with Gasteiger partial charge in [-0.1, -0.05) is 11.6 Å². The first-order valence-corrected chi connectivity index (χ1v) is 7.96. The maximum atomic E-state index is 12.2. The molecular weight excluding hydrogens is 312 g/mol. The molecule has 1 aromatic carbocycles. The van der Waals surface area contributed by atoms with Crippen molar-refractivity contribution in [3.05, 3.63) is 53.3 Å². The van der Waals surface area contributed by atoms with Crippen molar-refractivity contribution in [1.82, 2.24) is 14.7 Å². The van der Waals surface area contributed by atoms with Crippen LogP contribution in [0.4, 0.5) is 5.69 Å². The molecule has 0 unspecified atom stereocenters. The zero-order chi connectivity index (χ0) is 16.2. The third kappa shape index (κ3) is 3.93. The molecule has 1 aliphatic heterocycles. The summed E-state index contributed by atoms with van der Waals surface area (Å²) in [5.74, 6) is 0.0459. The number of carbonyl (C=O) groups is 1. The Balaban J connectivity index is 1.55. The van der Waals surface area contributed by atoms with Crippen LogP contribution in [-0.2, 0) is 11.8 Å². The van der Waals surface area contributed by atoms with Crippen molar-refractivity contribution in [1.29, 1.82) is 0 Å². The van der Waals surface area contributed by atoms with E-state index < -0.39 is 0 Å². The molecule has 1 aliphatic rings. The normalized spacial score (nSPS) is 15.4. The smallest absolute Gasteiger partial charge is 0.246 e. The SMILES string of the molecule is Cn1cc(/C=C\C(=O)N2CCN(c3ccc(Cl)cc3)CC2)cn1. The quantitative estimate of drug-likeness (QED) is 0.812. The summed E-state index contributed by atoms with van der Waals surface area (Å²) >= 11 is 5.92. The highest BCUT2D eigenvalue weighted by atomic mass is 35.5. The van der Waals surface area contributed by atoms with E-state index in [9.17, 15) is 4.79 Å². The van der Waals surface area contributed by atoms with Crippen molar-refractivity contribution in [3.8, 4) is 0 Å². The van der Waals surface area contributed by atoms with Crippen molar-refractivity contribution in [2.45, 2.75) is 0 Å². The van der Waals surface area contributed by atoms with E-state index in [1.807, 2.05) is 42.4 Å². The summed E-state index contributed by atoms with van der Waals surface area (Å²) < 4.78 is 1.72. The van der Waals surface area contributed by atoms with Crippen molar-refractivity contribution in [2.24, 2.45) is 7.05 Å². The molecule has 0 saturated carbocycles. The van der Waals surface area contributed by atoms with Crippen LogP contribution in [0.1, 0.15) is 5.56 Å². The predicted molar refractivity (Wildman–Crippen MR) is 92.5 cm³/mol. The van der Waals surface area contributed by atoms with Crippen LogP contribution in [0.15, 0.2) is 42.7 Å². The molecule has 0 N–H and O–H groups in total. The van der Waals surface area contributed by atoms with Gasteiger partial charge < -0.3 is 9.80 Å². The molecule has 0 spiro atoms. The van der Waals surface area contributed by atoms with Crippen LogP contribution in [0.5, 0.6) is 0 Å². The molecular formula is C17H19ClN4O. The van der Waals surface area contributed by atoms with Crippen molar-refractivity contribution in [3.63, 3.8) is 0 Å². The highest BCUT2D eigenvalue weighted by Crippen LogP contribution is 2.19. The second-order valence-corrected chi connectivity index (χ2v) is 6.01. The number of rotatable bonds is 3. The topological polar surface area (TPSA) is 41.4 Å². The fourth-order valence-corrected chi connectivity index (χ4v) is 2.76. The summed E-state index contributed by atoms with van der Waals surface area (Å²) in [5, 5.41) is 4.82. The van der Waals surface area contributed by atoms with E-state index >= 15 is 0 Å². The molecule has 1 aromatic heterocycles. The zero-order valence-electron chi connectivity index (χ0n) is 13.0. The number of hydrogen-bond donors (Lipinski definition) is 0. The number of benzene rings is 1. The molecule has 0 aliphatic carbocycles. The molecule has 1 saturated heterocycles. The Morgan fingerprint density at radius 1 is 1.17 bits per heavy atom. The first kappa shape index (κ1) is 15.6. The Morgan fingerprint density at radius 3 is 2.48 bits per heavy atom. The van der Waals surface area contributed by atoms with Gasteiger partial charge in [0.1, 0.15) is 0 Å². The van der Waals surface area contributed by atoms with Gasteiger partial charge in [0.2, 0.25) is 5.91 Å². The summed E-state index contributed by atoms with van der Waals surface area (Å²) in [5.41, 5.74) is 2.08. The number of amides is 1. The van der Waals surface area contributed by atoms with Gasteiger partial charge in [-0.25, -0.2) is 0 Å². The van der Waals surface area contributed by atoms with E-state index in [0.717, 1.165) is 42.5 Å². The van der Waals surface area contributed by atoms with Crippen LogP contribution in [-0.4, -0.2) is 46.8 Å². The van der Waals surface area contributed by atoms with Crippen LogP contribution in [0.25, 0.3) is 6.08 Å². The van der Waals surface area contributed by atoms with Crippen LogP contribution in [0.3, 0.4) is 0 Å². The summed E-state index contributed by atoms with van der Waals surface area (Å²) in [6.45, 7) is 3.10. The van der Waals surface area contributed by atoms with E-state index in [2.05, 4.69) is 10.00 Å². The van der Waals surface area contributed by atoms with Gasteiger partial charge in [0.15, 0.2) is 0 Å². The summed E-state index contributed by atoms with van der Waals surface area (Å²) in [7, 11) is 1.86. The highest BCUT2D eigenvalue weighted by molar-refractivity contribution is 6.30. The van der Waals surface area contributed by atoms with E-state index in [1.165, 1.54) is 0 Å². The molecule has 2 heterocycles. The lowest BCUT2D eigenvalue weighted by Crippen LogP contribution is -2.48. The number of carbonyl (C=O) groups excluding carboxylic acids is 1. The van der Waals surface area contributed by atoms with Gasteiger partial charge >= 0.3 is 0 Å². The van der Waals surface area contributed by atoms with E-state index in [1.54, 1.807) is 23.0 Å². The number of piperazine rings is 1. The van der Waals surface area contributed by atoms with Gasteiger partial charge in [0.05, 0.1) is 6.20 Å². The molecule has 1 amide bonds. The summed E-state index contributed by atoms with van der Waals surface area (Å²) in [4.78, 5) is 16.4. The Labute approximate surface area is 140 Å². The van der Waals surface area contributed by atoms with Gasteiger partial charge in [-0.05, 0) is 30.3 Å². The standard InChI is InChI=1S/C17H19ClN4O/c1-20-13-14(12-19-20)2-7-17(23)22-10-8-21(9-11-22)16-5-3-15(18)4-6-16/h2-7,12-13H,8-11H2,1H3/b7-2-. The number of aromatic nitrogens is 2. The number of nitrogens with zero attached hydrogens (tertiary/aromatic N) is 4. The molecule has 0 radical (unpaired) electrons. The Bertz CT molecular complexity index is 700. The molecule has 6 heteroatoms. The minimum absolute atomic E-state index is 0.0459. The molecule has 120 valence electrons. The minimum atomic E-state index is 0.0459. The maximum absolute atomic E-state index is 12.2. The lowest BCUT2D eigenvalue weighted by molar-refractivity contribution is -0.126. The molecule has 23 heavy (non-hydrogen) atoms. The third-order valence-electron chi connectivity index (χ3n) is 3.93. The largest absolute Gasteiger partial charge is 0.368 e. The molecule has 1 fully saturated rings. The fourth-order valence-electron chi connectivity index (χ4n) is 2.64. The molecule has 0 atom stereocenters. The van der Waals surface area contributed by atoms with E-state index in [4.69, 9.17) is 11.6 Å². The number of halogens is 1. The fraction of sp³-hybridized carbons (Fsp3) is 0.294. The van der Waals surface area contributed by atoms with Gasteiger partial charge in [-0.2, -0.15) is 5.10 Å². The monoisotopic (exact) mass is 330 g/mol. The van der Waals surface area contributed by atoms with Crippen LogP contribution < -0.4 is 4.90 Å². The number of hydrogen-bond acceptors (Lipinski definition) is 3. The second kappa shape index (κ2) is 6.87. The second-order valence-electron chi connectivity index (χ2n) is 5.57. The van der Waals surface area contributed by atoms with Gasteiger partial charge in [-0.15, -0.1) is 0 Å². The minimum Gasteiger partial charge on any atom is -0.368 e. The highest BCUT2D eigenvalue weighted by Gasteiger charge is 2.19. The van der Waals surface area contributed by atoms with Crippen molar-refractivity contribution < 1.29 is 4.79 Å². The van der Waals surface area contributed by atoms with Crippen molar-refractivity contribution in [2.75, 3.05) is 31.1 Å². The first-order chi connectivity index (χ1) is 11.1. The predicted octanol–water partition coefficient (Wildman–Crippen LogP) is 2.44. The molecule has 0 bridgehead atoms. The van der Waals surface area contributed by atoms with Gasteiger partial charge in [0.25, 0.3) is 0 Å². The Kier molecular flexibility index (Phi) is 4.67. The van der Waals surface area contributed by atoms with Crippen LogP contribution in [0.2, 0.25) is 5.02 Å². The number of anilines is 1. The van der Waals surface area contributed by atoms with Gasteiger partial charge in [-0.3, -0.25) is 9.48 Å². The lowest BCUT2D eigenvalue weighted by atomic mass is 10.2. The molecule has 5 nitrogen and oxygen atoms in total. The van der Waals surface area contributed by atoms with Gasteiger partial charge in [0, 0.05) is 61.8 Å². The Morgan fingerprint density at radius 2 is 1.87 bits per heavy atom. The zero-order valence-corrected chi connectivity index (χ0v) is 13.8. The van der Waals surface area contributed by atoms with Crippen LogP contribution in [0, 0.1) is 0 Å². The number of aryl methyl sites for hydroxylation is 1.